The molecule has 0 saturated carbocycles. The molecule has 2 aromatic carbocycles. The fourth-order valence-corrected chi connectivity index (χ4v) is 6.05. The second-order valence-corrected chi connectivity index (χ2v) is 9.22. The number of alkyl halides is 3. The maximum atomic E-state index is 13.7. The molecule has 0 aromatic heterocycles. The summed E-state index contributed by atoms with van der Waals surface area (Å²) in [6.07, 6.45) is -2.09. The van der Waals surface area contributed by atoms with Gasteiger partial charge in [-0.3, -0.25) is 0 Å². The predicted octanol–water partition coefficient (Wildman–Crippen LogP) is 6.29. The number of fused-ring (bicyclic) bond motifs is 2. The van der Waals surface area contributed by atoms with E-state index < -0.39 is 23.3 Å². The summed E-state index contributed by atoms with van der Waals surface area (Å²) in [6.45, 7) is 5.81. The average molecular weight is 434 g/mol. The molecule has 0 radical (unpaired) electrons. The van der Waals surface area contributed by atoms with E-state index in [0.29, 0.717) is 23.0 Å². The highest BCUT2D eigenvalue weighted by Crippen LogP contribution is 2.56. The third kappa shape index (κ3) is 3.83. The van der Waals surface area contributed by atoms with Crippen LogP contribution in [-0.2, 0) is 6.18 Å². The van der Waals surface area contributed by atoms with Crippen LogP contribution in [0.3, 0.4) is 0 Å². The fraction of sp³-hybridized carbons (Fsp3) is 0.348. The van der Waals surface area contributed by atoms with Gasteiger partial charge in [0, 0.05) is 16.9 Å². The van der Waals surface area contributed by atoms with Crippen molar-refractivity contribution in [2.45, 2.75) is 48.5 Å². The van der Waals surface area contributed by atoms with Crippen LogP contribution in [0, 0.1) is 0 Å². The minimum Gasteiger partial charge on any atom is -0.481 e. The molecule has 2 aliphatic rings. The number of hydrogen-bond acceptors (Lipinski definition) is 4. The number of thioether (sulfide) groups is 1. The quantitative estimate of drug-likeness (QED) is 0.315. The van der Waals surface area contributed by atoms with E-state index in [-0.39, 0.29) is 16.6 Å². The van der Waals surface area contributed by atoms with Gasteiger partial charge in [-0.1, -0.05) is 24.8 Å². The van der Waals surface area contributed by atoms with Gasteiger partial charge in [-0.15, -0.1) is 0 Å². The lowest BCUT2D eigenvalue weighted by Gasteiger charge is -2.38. The molecule has 3 atom stereocenters. The van der Waals surface area contributed by atoms with Crippen LogP contribution >= 0.6 is 11.8 Å². The summed E-state index contributed by atoms with van der Waals surface area (Å²) >= 11 is 1.75. The molecule has 0 aliphatic carbocycles. The Morgan fingerprint density at radius 3 is 2.47 bits per heavy atom. The Bertz CT molecular complexity index is 973. The minimum absolute atomic E-state index is 0.00507. The van der Waals surface area contributed by atoms with E-state index in [1.807, 2.05) is 0 Å². The molecule has 2 heterocycles. The summed E-state index contributed by atoms with van der Waals surface area (Å²) in [5.41, 5.74) is -1.08. The molecule has 0 amide bonds. The van der Waals surface area contributed by atoms with Gasteiger partial charge in [-0.25, -0.2) is 4.79 Å². The standard InChI is InChI=1S/C23H21F3O3S/c1-14(2)22(13-17-9-11-20(22)30-17)29-19-12-15(8-10-18(19)23(24,25)26)21(27)28-16-6-4-3-5-7-16/h3-8,10,12,17,20H,1,9,11,13H2,2H3. The Hall–Kier alpha value is -2.41. The monoisotopic (exact) mass is 434 g/mol. The zero-order chi connectivity index (χ0) is 21.5. The van der Waals surface area contributed by atoms with E-state index in [4.69, 9.17) is 9.47 Å². The number of rotatable bonds is 5. The summed E-state index contributed by atoms with van der Waals surface area (Å²) in [5.74, 6) is -0.791. The summed E-state index contributed by atoms with van der Waals surface area (Å²) < 4.78 is 52.5. The third-order valence-electron chi connectivity index (χ3n) is 5.65. The third-order valence-corrected chi connectivity index (χ3v) is 7.38. The topological polar surface area (TPSA) is 35.5 Å². The molecule has 30 heavy (non-hydrogen) atoms. The van der Waals surface area contributed by atoms with Gasteiger partial charge in [0.05, 0.1) is 11.1 Å². The van der Waals surface area contributed by atoms with Crippen LogP contribution in [0.1, 0.15) is 42.1 Å². The van der Waals surface area contributed by atoms with E-state index in [1.165, 1.54) is 0 Å². The van der Waals surface area contributed by atoms with Crippen LogP contribution < -0.4 is 9.47 Å². The van der Waals surface area contributed by atoms with Gasteiger partial charge in [0.25, 0.3) is 0 Å². The molecule has 2 aromatic rings. The maximum Gasteiger partial charge on any atom is 0.419 e. The van der Waals surface area contributed by atoms with E-state index in [1.54, 1.807) is 49.0 Å². The number of benzene rings is 2. The van der Waals surface area contributed by atoms with Gasteiger partial charge in [-0.05, 0) is 55.7 Å². The maximum absolute atomic E-state index is 13.7. The van der Waals surface area contributed by atoms with Crippen LogP contribution in [0.4, 0.5) is 13.2 Å². The normalized spacial score (nSPS) is 25.2. The molecule has 2 bridgehead atoms. The summed E-state index contributed by atoms with van der Waals surface area (Å²) in [4.78, 5) is 12.5. The van der Waals surface area contributed by atoms with Crippen molar-refractivity contribution in [1.82, 2.24) is 0 Å². The number of para-hydroxylation sites is 1. The highest BCUT2D eigenvalue weighted by molar-refractivity contribution is 8.01. The summed E-state index contributed by atoms with van der Waals surface area (Å²) in [6, 6.07) is 11.5. The van der Waals surface area contributed by atoms with Gasteiger partial charge in [0.1, 0.15) is 17.1 Å². The fourth-order valence-electron chi connectivity index (χ4n) is 4.13. The molecule has 0 spiro atoms. The molecule has 7 heteroatoms. The van der Waals surface area contributed by atoms with E-state index in [0.717, 1.165) is 31.0 Å². The Morgan fingerprint density at radius 2 is 1.90 bits per heavy atom. The van der Waals surface area contributed by atoms with Crippen molar-refractivity contribution in [2.75, 3.05) is 0 Å². The molecule has 3 nitrogen and oxygen atoms in total. The molecule has 2 fully saturated rings. The molecule has 2 saturated heterocycles. The van der Waals surface area contributed by atoms with Crippen molar-refractivity contribution < 1.29 is 27.4 Å². The number of ether oxygens (including phenoxy) is 2. The zero-order valence-corrected chi connectivity index (χ0v) is 17.2. The van der Waals surface area contributed by atoms with Gasteiger partial charge >= 0.3 is 12.1 Å². The molecule has 158 valence electrons. The molecule has 3 unspecified atom stereocenters. The van der Waals surface area contributed by atoms with E-state index >= 15 is 0 Å². The van der Waals surface area contributed by atoms with Gasteiger partial charge in [0.2, 0.25) is 0 Å². The first-order valence-corrected chi connectivity index (χ1v) is 10.6. The second kappa shape index (κ2) is 7.69. The van der Waals surface area contributed by atoms with Crippen molar-refractivity contribution >= 4 is 17.7 Å². The molecule has 0 N–H and O–H groups in total. The lowest BCUT2D eigenvalue weighted by molar-refractivity contribution is -0.139. The summed E-state index contributed by atoms with van der Waals surface area (Å²) in [5, 5.41) is 0.410. The Morgan fingerprint density at radius 1 is 1.17 bits per heavy atom. The Labute approximate surface area is 177 Å². The van der Waals surface area contributed by atoms with Crippen molar-refractivity contribution in [3.05, 3.63) is 71.8 Å². The second-order valence-electron chi connectivity index (χ2n) is 7.71. The first kappa shape index (κ1) is 20.8. The first-order chi connectivity index (χ1) is 14.2. The van der Waals surface area contributed by atoms with Crippen LogP contribution in [-0.4, -0.2) is 22.1 Å². The smallest absolute Gasteiger partial charge is 0.419 e. The van der Waals surface area contributed by atoms with Crippen molar-refractivity contribution in [1.29, 1.82) is 0 Å². The highest BCUT2D eigenvalue weighted by Gasteiger charge is 2.55. The highest BCUT2D eigenvalue weighted by atomic mass is 32.2. The van der Waals surface area contributed by atoms with E-state index in [9.17, 15) is 18.0 Å². The van der Waals surface area contributed by atoms with E-state index in [2.05, 4.69) is 6.58 Å². The van der Waals surface area contributed by atoms with Crippen molar-refractivity contribution in [3.8, 4) is 11.5 Å². The van der Waals surface area contributed by atoms with Crippen LogP contribution in [0.25, 0.3) is 0 Å². The SMILES string of the molecule is C=C(C)C1(Oc2cc(C(=O)Oc3ccccc3)ccc2C(F)(F)F)CC2CCC1S2. The Balaban J connectivity index is 1.69. The predicted molar refractivity (Wildman–Crippen MR) is 110 cm³/mol. The van der Waals surface area contributed by atoms with Gasteiger partial charge in [0.15, 0.2) is 0 Å². The molecular formula is C23H21F3O3S. The van der Waals surface area contributed by atoms with Crippen molar-refractivity contribution in [3.63, 3.8) is 0 Å². The average Bonchev–Trinajstić information content (AvgIpc) is 3.29. The lowest BCUT2D eigenvalue weighted by Crippen LogP contribution is -2.46. The minimum atomic E-state index is -4.61. The molecule has 4 rings (SSSR count). The lowest BCUT2D eigenvalue weighted by atomic mass is 9.80. The van der Waals surface area contributed by atoms with Gasteiger partial charge in [-0.2, -0.15) is 24.9 Å². The molecule has 2 aliphatic heterocycles. The van der Waals surface area contributed by atoms with Crippen LogP contribution in [0.5, 0.6) is 11.5 Å². The number of halogens is 3. The zero-order valence-electron chi connectivity index (χ0n) is 16.4. The number of esters is 1. The number of carbonyl (C=O) groups excluding carboxylic acids is 1. The van der Waals surface area contributed by atoms with Crippen molar-refractivity contribution in [2.24, 2.45) is 0 Å². The number of hydrogen-bond donors (Lipinski definition) is 0. The van der Waals surface area contributed by atoms with Gasteiger partial charge < -0.3 is 9.47 Å². The Kier molecular flexibility index (Phi) is 5.34. The first-order valence-electron chi connectivity index (χ1n) is 9.68. The van der Waals surface area contributed by atoms with Crippen LogP contribution in [0.15, 0.2) is 60.7 Å². The molecular weight excluding hydrogens is 413 g/mol. The number of carbonyl (C=O) groups is 1. The largest absolute Gasteiger partial charge is 0.481 e. The summed E-state index contributed by atoms with van der Waals surface area (Å²) in [7, 11) is 0. The van der Waals surface area contributed by atoms with Crippen LogP contribution in [0.2, 0.25) is 0 Å².